The molecule has 1 unspecified atom stereocenters. The largest absolute Gasteiger partial charge is 0.303 e. The smallest absolute Gasteiger partial charge is 0.000700 e. The Balaban J connectivity index is 3.77. The first-order chi connectivity index (χ1) is 6.95. The van der Waals surface area contributed by atoms with Gasteiger partial charge in [0.25, 0.3) is 0 Å². The van der Waals surface area contributed by atoms with Crippen LogP contribution in [0.3, 0.4) is 0 Å². The maximum absolute atomic E-state index is 2.60. The first-order valence-corrected chi connectivity index (χ1v) is 6.68. The number of rotatable bonds is 8. The van der Waals surface area contributed by atoms with Gasteiger partial charge >= 0.3 is 0 Å². The average molecular weight is 213 g/mol. The third-order valence-corrected chi connectivity index (χ3v) is 2.91. The minimum absolute atomic E-state index is 0.833. The Hall–Kier alpha value is -0.0400. The zero-order chi connectivity index (χ0) is 11.8. The minimum atomic E-state index is 0.833. The second kappa shape index (κ2) is 8.15. The summed E-state index contributed by atoms with van der Waals surface area (Å²) in [6, 6.07) is 0. The van der Waals surface area contributed by atoms with Gasteiger partial charge in [-0.05, 0) is 43.7 Å². The summed E-state index contributed by atoms with van der Waals surface area (Å²) in [7, 11) is 0. The maximum Gasteiger partial charge on any atom is 0.000700 e. The van der Waals surface area contributed by atoms with Gasteiger partial charge in [-0.1, -0.05) is 41.5 Å². The first kappa shape index (κ1) is 15.0. The van der Waals surface area contributed by atoms with Crippen LogP contribution >= 0.6 is 0 Å². The van der Waals surface area contributed by atoms with Crippen molar-refractivity contribution in [3.8, 4) is 0 Å². The van der Waals surface area contributed by atoms with Crippen LogP contribution in [-0.4, -0.2) is 24.5 Å². The van der Waals surface area contributed by atoms with E-state index in [4.69, 9.17) is 0 Å². The summed E-state index contributed by atoms with van der Waals surface area (Å²) in [6.07, 6.45) is 2.69. The molecule has 1 atom stereocenters. The van der Waals surface area contributed by atoms with E-state index >= 15 is 0 Å². The van der Waals surface area contributed by atoms with E-state index in [0.29, 0.717) is 0 Å². The van der Waals surface area contributed by atoms with Crippen LogP contribution in [0.25, 0.3) is 0 Å². The van der Waals surface area contributed by atoms with E-state index in [2.05, 4.69) is 46.4 Å². The van der Waals surface area contributed by atoms with E-state index in [1.54, 1.807) is 0 Å². The molecule has 0 rings (SSSR count). The van der Waals surface area contributed by atoms with Crippen molar-refractivity contribution >= 4 is 0 Å². The zero-order valence-corrected chi connectivity index (χ0v) is 11.7. The fourth-order valence-corrected chi connectivity index (χ4v) is 2.14. The highest BCUT2D eigenvalue weighted by Gasteiger charge is 2.10. The van der Waals surface area contributed by atoms with Crippen molar-refractivity contribution in [1.82, 2.24) is 4.90 Å². The van der Waals surface area contributed by atoms with Crippen LogP contribution < -0.4 is 0 Å². The van der Waals surface area contributed by atoms with Gasteiger partial charge in [0.1, 0.15) is 0 Å². The molecule has 0 radical (unpaired) electrons. The van der Waals surface area contributed by atoms with Gasteiger partial charge in [0, 0.05) is 6.54 Å². The highest BCUT2D eigenvalue weighted by Crippen LogP contribution is 2.13. The van der Waals surface area contributed by atoms with E-state index in [-0.39, 0.29) is 0 Å². The fraction of sp³-hybridized carbons (Fsp3) is 1.00. The molecule has 0 aliphatic carbocycles. The van der Waals surface area contributed by atoms with E-state index in [1.165, 1.54) is 32.5 Å². The molecule has 0 aromatic carbocycles. The van der Waals surface area contributed by atoms with Crippen LogP contribution in [0.15, 0.2) is 0 Å². The monoisotopic (exact) mass is 213 g/mol. The lowest BCUT2D eigenvalue weighted by molar-refractivity contribution is 0.222. The van der Waals surface area contributed by atoms with Gasteiger partial charge in [0.15, 0.2) is 0 Å². The lowest BCUT2D eigenvalue weighted by atomic mass is 9.98. The summed E-state index contributed by atoms with van der Waals surface area (Å²) >= 11 is 0. The van der Waals surface area contributed by atoms with Crippen molar-refractivity contribution in [3.05, 3.63) is 0 Å². The summed E-state index contributed by atoms with van der Waals surface area (Å²) in [5, 5.41) is 0. The lowest BCUT2D eigenvalue weighted by Gasteiger charge is -2.25. The predicted molar refractivity (Wildman–Crippen MR) is 70.2 cm³/mol. The van der Waals surface area contributed by atoms with Gasteiger partial charge in [-0.25, -0.2) is 0 Å². The Labute approximate surface area is 97.2 Å². The number of hydrogen-bond donors (Lipinski definition) is 0. The molecule has 0 aromatic rings. The molecule has 0 N–H and O–H groups in total. The number of hydrogen-bond acceptors (Lipinski definition) is 1. The summed E-state index contributed by atoms with van der Waals surface area (Å²) in [6.45, 7) is 17.7. The van der Waals surface area contributed by atoms with Crippen molar-refractivity contribution in [2.24, 2.45) is 17.8 Å². The first-order valence-electron chi connectivity index (χ1n) is 6.68. The molecule has 0 saturated heterocycles. The molecule has 0 fully saturated rings. The van der Waals surface area contributed by atoms with Gasteiger partial charge in [0.05, 0.1) is 0 Å². The SMILES string of the molecule is CCN(CCC(C)C)CC(C)CC(C)C. The molecule has 15 heavy (non-hydrogen) atoms. The Kier molecular flexibility index (Phi) is 8.13. The Morgan fingerprint density at radius 3 is 1.93 bits per heavy atom. The van der Waals surface area contributed by atoms with E-state index < -0.39 is 0 Å². The standard InChI is InChI=1S/C14H31N/c1-7-15(9-8-12(2)3)11-14(6)10-13(4)5/h12-14H,7-11H2,1-6H3. The molecule has 1 nitrogen and oxygen atoms in total. The van der Waals surface area contributed by atoms with Crippen LogP contribution in [0, 0.1) is 17.8 Å². The summed E-state index contributed by atoms with van der Waals surface area (Å²) in [5.74, 6) is 2.51. The van der Waals surface area contributed by atoms with Crippen molar-refractivity contribution < 1.29 is 0 Å². The van der Waals surface area contributed by atoms with Gasteiger partial charge in [-0.15, -0.1) is 0 Å². The molecular formula is C14H31N. The van der Waals surface area contributed by atoms with Crippen LogP contribution in [0.5, 0.6) is 0 Å². The van der Waals surface area contributed by atoms with Crippen LogP contribution in [0.2, 0.25) is 0 Å². The molecule has 0 heterocycles. The van der Waals surface area contributed by atoms with Crippen molar-refractivity contribution in [1.29, 1.82) is 0 Å². The molecule has 0 aliphatic rings. The van der Waals surface area contributed by atoms with Gasteiger partial charge < -0.3 is 4.90 Å². The summed E-state index contributed by atoms with van der Waals surface area (Å²) in [5.41, 5.74) is 0. The van der Waals surface area contributed by atoms with Crippen molar-refractivity contribution in [3.63, 3.8) is 0 Å². The third kappa shape index (κ3) is 8.92. The Bertz CT molecular complexity index is 140. The molecule has 0 saturated carbocycles. The van der Waals surface area contributed by atoms with Crippen LogP contribution in [0.1, 0.15) is 54.4 Å². The highest BCUT2D eigenvalue weighted by atomic mass is 15.1. The average Bonchev–Trinajstić information content (AvgIpc) is 2.10. The molecule has 0 bridgehead atoms. The van der Waals surface area contributed by atoms with E-state index in [0.717, 1.165) is 17.8 Å². The highest BCUT2D eigenvalue weighted by molar-refractivity contribution is 4.64. The van der Waals surface area contributed by atoms with Gasteiger partial charge in [0.2, 0.25) is 0 Å². The molecule has 0 amide bonds. The normalized spacial score (nSPS) is 14.2. The summed E-state index contributed by atoms with van der Waals surface area (Å²) in [4.78, 5) is 2.60. The van der Waals surface area contributed by atoms with Crippen LogP contribution in [0.4, 0.5) is 0 Å². The quantitative estimate of drug-likeness (QED) is 0.588. The molecule has 1 heteroatoms. The van der Waals surface area contributed by atoms with Crippen molar-refractivity contribution in [2.75, 3.05) is 19.6 Å². The van der Waals surface area contributed by atoms with Crippen molar-refractivity contribution in [2.45, 2.75) is 54.4 Å². The third-order valence-electron chi connectivity index (χ3n) is 2.91. The van der Waals surface area contributed by atoms with Gasteiger partial charge in [-0.2, -0.15) is 0 Å². The van der Waals surface area contributed by atoms with E-state index in [9.17, 15) is 0 Å². The minimum Gasteiger partial charge on any atom is -0.303 e. The molecule has 0 aliphatic heterocycles. The Morgan fingerprint density at radius 1 is 0.933 bits per heavy atom. The second-order valence-corrected chi connectivity index (χ2v) is 5.81. The lowest BCUT2D eigenvalue weighted by Crippen LogP contribution is -2.30. The predicted octanol–water partition coefficient (Wildman–Crippen LogP) is 4.04. The maximum atomic E-state index is 2.60. The molecular weight excluding hydrogens is 182 g/mol. The van der Waals surface area contributed by atoms with E-state index in [1.807, 2.05) is 0 Å². The summed E-state index contributed by atoms with van der Waals surface area (Å²) < 4.78 is 0. The second-order valence-electron chi connectivity index (χ2n) is 5.81. The van der Waals surface area contributed by atoms with Gasteiger partial charge in [-0.3, -0.25) is 0 Å². The molecule has 92 valence electrons. The zero-order valence-electron chi connectivity index (χ0n) is 11.7. The van der Waals surface area contributed by atoms with Crippen LogP contribution in [-0.2, 0) is 0 Å². The molecule has 0 aromatic heterocycles. The molecule has 0 spiro atoms. The Morgan fingerprint density at radius 2 is 1.53 bits per heavy atom. The number of nitrogens with zero attached hydrogens (tertiary/aromatic N) is 1. The fourth-order valence-electron chi connectivity index (χ4n) is 2.14. The topological polar surface area (TPSA) is 3.24 Å².